The second-order valence-electron chi connectivity index (χ2n) is 5.93. The van der Waals surface area contributed by atoms with Gasteiger partial charge in [0.2, 0.25) is 5.91 Å². The van der Waals surface area contributed by atoms with Gasteiger partial charge in [-0.2, -0.15) is 0 Å². The van der Waals surface area contributed by atoms with Crippen LogP contribution in [0.4, 0.5) is 4.39 Å². The molecule has 2 rings (SSSR count). The Hall–Kier alpha value is -1.76. The fourth-order valence-electron chi connectivity index (χ4n) is 2.64. The average Bonchev–Trinajstić information content (AvgIpc) is 2.92. The van der Waals surface area contributed by atoms with Gasteiger partial charge in [-0.15, -0.1) is 11.3 Å². The quantitative estimate of drug-likeness (QED) is 0.835. The van der Waals surface area contributed by atoms with E-state index in [1.807, 2.05) is 18.4 Å². The maximum absolute atomic E-state index is 13.6. The number of thiophene rings is 1. The zero-order valence-electron chi connectivity index (χ0n) is 14.2. The van der Waals surface area contributed by atoms with Crippen molar-refractivity contribution in [2.24, 2.45) is 0 Å². The number of aryl methyl sites for hydroxylation is 1. The van der Waals surface area contributed by atoms with Crippen LogP contribution in [-0.4, -0.2) is 48.1 Å². The van der Waals surface area contributed by atoms with Crippen LogP contribution in [0.5, 0.6) is 0 Å². The minimum absolute atomic E-state index is 0.112. The molecule has 1 N–H and O–H groups in total. The van der Waals surface area contributed by atoms with Crippen LogP contribution in [0.25, 0.3) is 0 Å². The van der Waals surface area contributed by atoms with Crippen molar-refractivity contribution in [2.45, 2.75) is 19.5 Å². The Kier molecular flexibility index (Phi) is 6.48. The molecule has 0 saturated carbocycles. The number of nitrogens with zero attached hydrogens (tertiary/aromatic N) is 2. The van der Waals surface area contributed by atoms with Crippen molar-refractivity contribution in [3.05, 3.63) is 57.5 Å². The Bertz CT molecular complexity index is 687. The van der Waals surface area contributed by atoms with Gasteiger partial charge >= 0.3 is 0 Å². The molecule has 6 heteroatoms. The van der Waals surface area contributed by atoms with Gasteiger partial charge in [0.25, 0.3) is 0 Å². The predicted molar refractivity (Wildman–Crippen MR) is 94.4 cm³/mol. The van der Waals surface area contributed by atoms with Crippen LogP contribution in [0.1, 0.15) is 22.0 Å². The first kappa shape index (κ1) is 18.6. The van der Waals surface area contributed by atoms with Crippen LogP contribution in [0.3, 0.4) is 0 Å². The third-order valence-corrected chi connectivity index (χ3v) is 4.91. The van der Waals surface area contributed by atoms with E-state index in [0.29, 0.717) is 12.1 Å². The van der Waals surface area contributed by atoms with Crippen LogP contribution < -0.4 is 0 Å². The number of likely N-dealkylation sites (N-methyl/N-ethyl adjacent to an activating group) is 1. The number of benzene rings is 1. The van der Waals surface area contributed by atoms with Crippen LogP contribution in [-0.2, 0) is 11.3 Å². The first-order chi connectivity index (χ1) is 11.4. The van der Waals surface area contributed by atoms with Gasteiger partial charge in [0.1, 0.15) is 11.9 Å². The molecule has 1 atom stereocenters. The highest BCUT2D eigenvalue weighted by molar-refractivity contribution is 7.10. The van der Waals surface area contributed by atoms with E-state index in [4.69, 9.17) is 0 Å². The number of hydrogen-bond donors (Lipinski definition) is 1. The zero-order chi connectivity index (χ0) is 17.7. The molecule has 0 spiro atoms. The van der Waals surface area contributed by atoms with E-state index < -0.39 is 6.04 Å². The van der Waals surface area contributed by atoms with Crippen molar-refractivity contribution in [2.75, 3.05) is 27.2 Å². The van der Waals surface area contributed by atoms with E-state index in [9.17, 15) is 14.3 Å². The summed E-state index contributed by atoms with van der Waals surface area (Å²) in [5, 5.41) is 11.3. The van der Waals surface area contributed by atoms with Crippen LogP contribution in [0.15, 0.2) is 35.7 Å². The molecule has 0 bridgehead atoms. The molecule has 2 aromatic rings. The van der Waals surface area contributed by atoms with Crippen molar-refractivity contribution < 1.29 is 14.3 Å². The Labute approximate surface area is 146 Å². The summed E-state index contributed by atoms with van der Waals surface area (Å²) in [5.74, 6) is -0.512. The van der Waals surface area contributed by atoms with E-state index in [1.54, 1.807) is 47.4 Å². The largest absolute Gasteiger partial charge is 0.395 e. The first-order valence-corrected chi connectivity index (χ1v) is 8.66. The van der Waals surface area contributed by atoms with Crippen molar-refractivity contribution in [3.8, 4) is 0 Å². The number of rotatable bonds is 7. The molecule has 1 amide bonds. The lowest BCUT2D eigenvalue weighted by Gasteiger charge is -2.30. The number of carbonyl (C=O) groups excluding carboxylic acids is 1. The molecule has 4 nitrogen and oxygen atoms in total. The lowest BCUT2D eigenvalue weighted by Crippen LogP contribution is -2.41. The van der Waals surface area contributed by atoms with E-state index in [-0.39, 0.29) is 24.9 Å². The van der Waals surface area contributed by atoms with Gasteiger partial charge in [-0.05, 0) is 55.7 Å². The van der Waals surface area contributed by atoms with Crippen molar-refractivity contribution in [1.29, 1.82) is 0 Å². The average molecular weight is 350 g/mol. The third-order valence-electron chi connectivity index (χ3n) is 3.90. The standard InChI is InChI=1S/C18H23FN2O2S/c1-13-7-10-24-16(13)12-21(8-9-22)18(23)17(20(2)3)14-5-4-6-15(19)11-14/h4-7,10-11,17,22H,8-9,12H2,1-3H3/t17-/m0/s1. The Morgan fingerprint density at radius 3 is 2.62 bits per heavy atom. The van der Waals surface area contributed by atoms with Crippen LogP contribution >= 0.6 is 11.3 Å². The molecule has 0 aliphatic carbocycles. The zero-order valence-corrected chi connectivity index (χ0v) is 15.0. The first-order valence-electron chi connectivity index (χ1n) is 7.78. The number of carbonyl (C=O) groups is 1. The van der Waals surface area contributed by atoms with Gasteiger partial charge in [0.15, 0.2) is 0 Å². The smallest absolute Gasteiger partial charge is 0.244 e. The van der Waals surface area contributed by atoms with Gasteiger partial charge in [0, 0.05) is 11.4 Å². The summed E-state index contributed by atoms with van der Waals surface area (Å²) in [6.07, 6.45) is 0. The second kappa shape index (κ2) is 8.37. The summed E-state index contributed by atoms with van der Waals surface area (Å²) in [4.78, 5) is 17.6. The number of aliphatic hydroxyl groups excluding tert-OH is 1. The van der Waals surface area contributed by atoms with Gasteiger partial charge in [-0.25, -0.2) is 4.39 Å². The highest BCUT2D eigenvalue weighted by Crippen LogP contribution is 2.24. The van der Waals surface area contributed by atoms with Crippen LogP contribution in [0.2, 0.25) is 0 Å². The Morgan fingerprint density at radius 1 is 1.33 bits per heavy atom. The summed E-state index contributed by atoms with van der Waals surface area (Å²) >= 11 is 1.59. The molecule has 0 saturated heterocycles. The SMILES string of the molecule is Cc1ccsc1CN(CCO)C(=O)[C@H](c1cccc(F)c1)N(C)C. The fraction of sp³-hybridized carbons (Fsp3) is 0.389. The molecule has 1 aromatic carbocycles. The highest BCUT2D eigenvalue weighted by atomic mass is 32.1. The van der Waals surface area contributed by atoms with Gasteiger partial charge in [-0.1, -0.05) is 12.1 Å². The minimum atomic E-state index is -0.590. The lowest BCUT2D eigenvalue weighted by molar-refractivity contribution is -0.137. The highest BCUT2D eigenvalue weighted by Gasteiger charge is 2.28. The topological polar surface area (TPSA) is 43.8 Å². The third kappa shape index (κ3) is 4.41. The molecule has 0 unspecified atom stereocenters. The molecule has 1 heterocycles. The second-order valence-corrected chi connectivity index (χ2v) is 6.93. The molecule has 0 fully saturated rings. The maximum atomic E-state index is 13.6. The molecule has 1 aromatic heterocycles. The normalized spacial score (nSPS) is 12.4. The molecule has 0 aliphatic rings. The van der Waals surface area contributed by atoms with E-state index in [1.165, 1.54) is 12.1 Å². The van der Waals surface area contributed by atoms with E-state index in [0.717, 1.165) is 10.4 Å². The Morgan fingerprint density at radius 2 is 2.08 bits per heavy atom. The number of amides is 1. The minimum Gasteiger partial charge on any atom is -0.395 e. The maximum Gasteiger partial charge on any atom is 0.244 e. The summed E-state index contributed by atoms with van der Waals surface area (Å²) in [6.45, 7) is 2.58. The van der Waals surface area contributed by atoms with Gasteiger partial charge < -0.3 is 10.0 Å². The fourth-order valence-corrected chi connectivity index (χ4v) is 3.56. The van der Waals surface area contributed by atoms with E-state index in [2.05, 4.69) is 0 Å². The molecular weight excluding hydrogens is 327 g/mol. The molecular formula is C18H23FN2O2S. The van der Waals surface area contributed by atoms with Gasteiger partial charge in [-0.3, -0.25) is 9.69 Å². The van der Waals surface area contributed by atoms with Crippen LogP contribution in [0, 0.1) is 12.7 Å². The van der Waals surface area contributed by atoms with E-state index >= 15 is 0 Å². The van der Waals surface area contributed by atoms with Gasteiger partial charge in [0.05, 0.1) is 13.2 Å². The lowest BCUT2D eigenvalue weighted by atomic mass is 10.0. The van der Waals surface area contributed by atoms with Crippen molar-refractivity contribution in [3.63, 3.8) is 0 Å². The predicted octanol–water partition coefficient (Wildman–Crippen LogP) is 2.82. The summed E-state index contributed by atoms with van der Waals surface area (Å²) < 4.78 is 13.6. The number of aliphatic hydroxyl groups is 1. The van der Waals surface area contributed by atoms with Crippen molar-refractivity contribution in [1.82, 2.24) is 9.80 Å². The molecule has 0 aliphatic heterocycles. The monoisotopic (exact) mass is 350 g/mol. The summed E-state index contributed by atoms with van der Waals surface area (Å²) in [7, 11) is 3.59. The summed E-state index contributed by atoms with van der Waals surface area (Å²) in [6, 6.07) is 7.52. The molecule has 0 radical (unpaired) electrons. The Balaban J connectivity index is 2.29. The number of hydrogen-bond acceptors (Lipinski definition) is 4. The molecule has 130 valence electrons. The van der Waals surface area contributed by atoms with Crippen molar-refractivity contribution >= 4 is 17.2 Å². The number of halogens is 1. The summed E-state index contributed by atoms with van der Waals surface area (Å²) in [5.41, 5.74) is 1.73. The molecule has 24 heavy (non-hydrogen) atoms.